The summed E-state index contributed by atoms with van der Waals surface area (Å²) in [5, 5.41) is 11.8. The number of amides is 1. The van der Waals surface area contributed by atoms with Gasteiger partial charge in [0.05, 0.1) is 5.41 Å². The predicted octanol–water partition coefficient (Wildman–Crippen LogP) is 1.96. The van der Waals surface area contributed by atoms with Gasteiger partial charge in [0, 0.05) is 13.0 Å². The number of hydrogen-bond acceptors (Lipinski definition) is 2. The van der Waals surface area contributed by atoms with Gasteiger partial charge in [0.2, 0.25) is 5.91 Å². The van der Waals surface area contributed by atoms with E-state index in [4.69, 9.17) is 5.11 Å². The molecule has 0 unspecified atom stereocenters. The Bertz CT molecular complexity index is 257. The van der Waals surface area contributed by atoms with Crippen molar-refractivity contribution in [3.05, 3.63) is 12.7 Å². The van der Waals surface area contributed by atoms with E-state index in [0.717, 1.165) is 0 Å². The fourth-order valence-corrected chi connectivity index (χ4v) is 1.56. The fraction of sp³-hybridized carbons (Fsp3) is 0.667. The standard InChI is InChI=1S/C12H21NO3/c1-4-7-8-13-10(14)9-12(5-2,6-3)11(15)16/h4H,1,5-9H2,2-3H3,(H,13,14)(H,15,16). The molecular weight excluding hydrogens is 206 g/mol. The Morgan fingerprint density at radius 2 is 1.94 bits per heavy atom. The molecule has 92 valence electrons. The quantitative estimate of drug-likeness (QED) is 0.492. The lowest BCUT2D eigenvalue weighted by Crippen LogP contribution is -2.37. The summed E-state index contributed by atoms with van der Waals surface area (Å²) in [5.41, 5.74) is -0.918. The van der Waals surface area contributed by atoms with E-state index in [1.165, 1.54) is 0 Å². The second-order valence-corrected chi connectivity index (χ2v) is 3.90. The monoisotopic (exact) mass is 227 g/mol. The smallest absolute Gasteiger partial charge is 0.310 e. The van der Waals surface area contributed by atoms with Crippen LogP contribution in [0.15, 0.2) is 12.7 Å². The van der Waals surface area contributed by atoms with E-state index >= 15 is 0 Å². The highest BCUT2D eigenvalue weighted by atomic mass is 16.4. The molecule has 0 aromatic carbocycles. The molecule has 0 heterocycles. The molecule has 0 saturated carbocycles. The van der Waals surface area contributed by atoms with Crippen LogP contribution >= 0.6 is 0 Å². The number of carbonyl (C=O) groups is 2. The molecule has 0 aliphatic carbocycles. The van der Waals surface area contributed by atoms with Gasteiger partial charge in [0.15, 0.2) is 0 Å². The van der Waals surface area contributed by atoms with Crippen LogP contribution in [0.4, 0.5) is 0 Å². The number of carbonyl (C=O) groups excluding carboxylic acids is 1. The highest BCUT2D eigenvalue weighted by Crippen LogP contribution is 2.30. The van der Waals surface area contributed by atoms with Gasteiger partial charge >= 0.3 is 5.97 Å². The molecular formula is C12H21NO3. The number of rotatable bonds is 8. The fourth-order valence-electron chi connectivity index (χ4n) is 1.56. The number of carboxylic acid groups (broad SMARTS) is 1. The van der Waals surface area contributed by atoms with E-state index in [9.17, 15) is 9.59 Å². The number of hydrogen-bond donors (Lipinski definition) is 2. The summed E-state index contributed by atoms with van der Waals surface area (Å²) in [7, 11) is 0. The first-order valence-electron chi connectivity index (χ1n) is 5.63. The van der Waals surface area contributed by atoms with Gasteiger partial charge in [-0.25, -0.2) is 0 Å². The van der Waals surface area contributed by atoms with Crippen molar-refractivity contribution in [2.24, 2.45) is 5.41 Å². The molecule has 0 fully saturated rings. The Kier molecular flexibility index (Phi) is 6.46. The minimum absolute atomic E-state index is 0.0481. The van der Waals surface area contributed by atoms with Crippen LogP contribution < -0.4 is 5.32 Å². The van der Waals surface area contributed by atoms with Crippen LogP contribution in [0.25, 0.3) is 0 Å². The van der Waals surface area contributed by atoms with Gasteiger partial charge in [-0.2, -0.15) is 0 Å². The zero-order valence-electron chi connectivity index (χ0n) is 10.1. The molecule has 16 heavy (non-hydrogen) atoms. The van der Waals surface area contributed by atoms with E-state index < -0.39 is 11.4 Å². The lowest BCUT2D eigenvalue weighted by Gasteiger charge is -2.25. The number of nitrogens with one attached hydrogen (secondary N) is 1. The normalized spacial score (nSPS) is 10.9. The van der Waals surface area contributed by atoms with Crippen LogP contribution in [0, 0.1) is 5.41 Å². The molecule has 0 aromatic rings. The Morgan fingerprint density at radius 1 is 1.38 bits per heavy atom. The van der Waals surface area contributed by atoms with Gasteiger partial charge in [0.1, 0.15) is 0 Å². The Balaban J connectivity index is 4.34. The molecule has 0 aliphatic rings. The minimum Gasteiger partial charge on any atom is -0.481 e. The van der Waals surface area contributed by atoms with Crippen LogP contribution in [-0.4, -0.2) is 23.5 Å². The van der Waals surface area contributed by atoms with E-state index in [1.54, 1.807) is 19.9 Å². The second kappa shape index (κ2) is 7.04. The maximum absolute atomic E-state index is 11.5. The highest BCUT2D eigenvalue weighted by Gasteiger charge is 2.36. The Morgan fingerprint density at radius 3 is 2.31 bits per heavy atom. The maximum atomic E-state index is 11.5. The van der Waals surface area contributed by atoms with Crippen molar-refractivity contribution in [1.82, 2.24) is 5.32 Å². The zero-order valence-corrected chi connectivity index (χ0v) is 10.1. The highest BCUT2D eigenvalue weighted by molar-refractivity contribution is 5.84. The second-order valence-electron chi connectivity index (χ2n) is 3.90. The molecule has 0 spiro atoms. The van der Waals surface area contributed by atoms with Crippen molar-refractivity contribution < 1.29 is 14.7 Å². The van der Waals surface area contributed by atoms with E-state index in [-0.39, 0.29) is 12.3 Å². The molecule has 4 nitrogen and oxygen atoms in total. The summed E-state index contributed by atoms with van der Waals surface area (Å²) < 4.78 is 0. The summed E-state index contributed by atoms with van der Waals surface area (Å²) in [5.74, 6) is -1.09. The molecule has 0 radical (unpaired) electrons. The molecule has 0 bridgehead atoms. The third-order valence-electron chi connectivity index (χ3n) is 2.98. The molecule has 0 aliphatic heterocycles. The third kappa shape index (κ3) is 4.04. The Labute approximate surface area is 96.7 Å². The van der Waals surface area contributed by atoms with Gasteiger partial charge in [0.25, 0.3) is 0 Å². The summed E-state index contributed by atoms with van der Waals surface area (Å²) >= 11 is 0. The van der Waals surface area contributed by atoms with Gasteiger partial charge in [-0.1, -0.05) is 19.9 Å². The average Bonchev–Trinajstić information content (AvgIpc) is 2.26. The molecule has 0 saturated heterocycles. The predicted molar refractivity (Wildman–Crippen MR) is 63.1 cm³/mol. The van der Waals surface area contributed by atoms with Crippen LogP contribution in [-0.2, 0) is 9.59 Å². The van der Waals surface area contributed by atoms with Gasteiger partial charge in [-0.3, -0.25) is 9.59 Å². The van der Waals surface area contributed by atoms with Crippen LogP contribution in [0.5, 0.6) is 0 Å². The summed E-state index contributed by atoms with van der Waals surface area (Å²) in [6.07, 6.45) is 3.39. The zero-order chi connectivity index (χ0) is 12.6. The van der Waals surface area contributed by atoms with Crippen molar-refractivity contribution in [2.75, 3.05) is 6.54 Å². The van der Waals surface area contributed by atoms with Gasteiger partial charge in [-0.05, 0) is 19.3 Å². The molecule has 0 rings (SSSR count). The molecule has 4 heteroatoms. The summed E-state index contributed by atoms with van der Waals surface area (Å²) in [6, 6.07) is 0. The lowest BCUT2D eigenvalue weighted by atomic mass is 9.79. The molecule has 2 N–H and O–H groups in total. The topological polar surface area (TPSA) is 66.4 Å². The SMILES string of the molecule is C=CCCNC(=O)CC(CC)(CC)C(=O)O. The average molecular weight is 227 g/mol. The van der Waals surface area contributed by atoms with Gasteiger partial charge < -0.3 is 10.4 Å². The maximum Gasteiger partial charge on any atom is 0.310 e. The van der Waals surface area contributed by atoms with Crippen molar-refractivity contribution in [3.8, 4) is 0 Å². The lowest BCUT2D eigenvalue weighted by molar-refractivity contribution is -0.152. The van der Waals surface area contributed by atoms with Crippen LogP contribution in [0.3, 0.4) is 0 Å². The van der Waals surface area contributed by atoms with Crippen LogP contribution in [0.1, 0.15) is 39.5 Å². The van der Waals surface area contributed by atoms with Crippen LogP contribution in [0.2, 0.25) is 0 Å². The minimum atomic E-state index is -0.918. The number of aliphatic carboxylic acids is 1. The first kappa shape index (κ1) is 14.7. The van der Waals surface area contributed by atoms with E-state index in [2.05, 4.69) is 11.9 Å². The molecule has 0 atom stereocenters. The van der Waals surface area contributed by atoms with Crippen molar-refractivity contribution in [2.45, 2.75) is 39.5 Å². The summed E-state index contributed by atoms with van der Waals surface area (Å²) in [6.45, 7) is 7.67. The largest absolute Gasteiger partial charge is 0.481 e. The molecule has 1 amide bonds. The first-order valence-corrected chi connectivity index (χ1v) is 5.63. The van der Waals surface area contributed by atoms with Crippen molar-refractivity contribution in [1.29, 1.82) is 0 Å². The summed E-state index contributed by atoms with van der Waals surface area (Å²) in [4.78, 5) is 22.7. The molecule has 0 aromatic heterocycles. The number of carboxylic acids is 1. The van der Waals surface area contributed by atoms with Gasteiger partial charge in [-0.15, -0.1) is 6.58 Å². The van der Waals surface area contributed by atoms with Crippen molar-refractivity contribution >= 4 is 11.9 Å². The first-order chi connectivity index (χ1) is 7.52. The van der Waals surface area contributed by atoms with E-state index in [0.29, 0.717) is 25.8 Å². The van der Waals surface area contributed by atoms with E-state index in [1.807, 2.05) is 0 Å². The van der Waals surface area contributed by atoms with Crippen molar-refractivity contribution in [3.63, 3.8) is 0 Å². The third-order valence-corrected chi connectivity index (χ3v) is 2.98. The Hall–Kier alpha value is -1.32.